The number of benzene rings is 1. The first-order valence-electron chi connectivity index (χ1n) is 11.3. The Morgan fingerprint density at radius 2 is 1.69 bits per heavy atom. The van der Waals surface area contributed by atoms with Crippen molar-refractivity contribution < 1.29 is 9.84 Å². The number of hydrogen-bond acceptors (Lipinski definition) is 4. The van der Waals surface area contributed by atoms with Crippen LogP contribution in [0.5, 0.6) is 0 Å². The lowest BCUT2D eigenvalue weighted by Gasteiger charge is -2.34. The van der Waals surface area contributed by atoms with Crippen molar-refractivity contribution in [2.75, 3.05) is 39.3 Å². The van der Waals surface area contributed by atoms with Crippen molar-refractivity contribution in [2.24, 2.45) is 4.99 Å². The molecule has 0 saturated carbocycles. The highest BCUT2D eigenvalue weighted by Gasteiger charge is 2.21. The molecular formula is C23H38N4O2. The van der Waals surface area contributed by atoms with E-state index in [1.807, 2.05) is 0 Å². The van der Waals surface area contributed by atoms with E-state index in [0.717, 1.165) is 77.5 Å². The van der Waals surface area contributed by atoms with E-state index in [9.17, 15) is 5.11 Å². The predicted molar refractivity (Wildman–Crippen MR) is 118 cm³/mol. The maximum atomic E-state index is 9.65. The molecule has 29 heavy (non-hydrogen) atoms. The highest BCUT2D eigenvalue weighted by Crippen LogP contribution is 2.16. The summed E-state index contributed by atoms with van der Waals surface area (Å²) in [6.45, 7) is 11.5. The summed E-state index contributed by atoms with van der Waals surface area (Å²) >= 11 is 0. The van der Waals surface area contributed by atoms with Gasteiger partial charge in [-0.25, -0.2) is 4.99 Å². The lowest BCUT2D eigenvalue weighted by Crippen LogP contribution is -2.47. The Morgan fingerprint density at radius 1 is 1.03 bits per heavy atom. The van der Waals surface area contributed by atoms with Crippen LogP contribution in [0.4, 0.5) is 0 Å². The standard InChI is InChI=1S/C23H38N4O2/c1-3-24-23(27-15-11-22(12-16-27)29-4-2)25-17-19-5-7-20(8-6-19)18-26-13-9-21(28)10-14-26/h5-8,21-22,28H,3-4,9-18H2,1-2H3,(H,24,25). The summed E-state index contributed by atoms with van der Waals surface area (Å²) < 4.78 is 5.77. The van der Waals surface area contributed by atoms with E-state index in [1.165, 1.54) is 11.1 Å². The maximum Gasteiger partial charge on any atom is 0.194 e. The molecule has 2 heterocycles. The summed E-state index contributed by atoms with van der Waals surface area (Å²) in [4.78, 5) is 9.67. The van der Waals surface area contributed by atoms with Crippen LogP contribution >= 0.6 is 0 Å². The number of hydrogen-bond donors (Lipinski definition) is 2. The van der Waals surface area contributed by atoms with E-state index in [4.69, 9.17) is 9.73 Å². The Kier molecular flexibility index (Phi) is 8.77. The number of rotatable bonds is 7. The third kappa shape index (κ3) is 6.98. The smallest absolute Gasteiger partial charge is 0.194 e. The minimum Gasteiger partial charge on any atom is -0.393 e. The van der Waals surface area contributed by atoms with Crippen molar-refractivity contribution in [3.8, 4) is 0 Å². The Hall–Kier alpha value is -1.63. The van der Waals surface area contributed by atoms with Crippen molar-refractivity contribution >= 4 is 5.96 Å². The fourth-order valence-corrected chi connectivity index (χ4v) is 4.15. The van der Waals surface area contributed by atoms with Crippen LogP contribution in [0.15, 0.2) is 29.3 Å². The highest BCUT2D eigenvalue weighted by atomic mass is 16.5. The summed E-state index contributed by atoms with van der Waals surface area (Å²) in [5.41, 5.74) is 2.57. The zero-order valence-corrected chi connectivity index (χ0v) is 18.1. The molecule has 0 unspecified atom stereocenters. The molecule has 2 aliphatic heterocycles. The van der Waals surface area contributed by atoms with Crippen LogP contribution in [-0.4, -0.2) is 72.4 Å². The summed E-state index contributed by atoms with van der Waals surface area (Å²) in [7, 11) is 0. The third-order valence-corrected chi connectivity index (χ3v) is 5.88. The van der Waals surface area contributed by atoms with Crippen molar-refractivity contribution in [2.45, 2.75) is 64.8 Å². The second-order valence-electron chi connectivity index (χ2n) is 8.14. The average Bonchev–Trinajstić information content (AvgIpc) is 2.75. The van der Waals surface area contributed by atoms with E-state index in [0.29, 0.717) is 12.6 Å². The van der Waals surface area contributed by atoms with Crippen LogP contribution < -0.4 is 5.32 Å². The largest absolute Gasteiger partial charge is 0.393 e. The van der Waals surface area contributed by atoms with Gasteiger partial charge in [-0.1, -0.05) is 24.3 Å². The SMILES string of the molecule is CCNC(=NCc1ccc(CN2CCC(O)CC2)cc1)N1CCC(OCC)CC1. The molecule has 6 nitrogen and oxygen atoms in total. The van der Waals surface area contributed by atoms with Gasteiger partial charge in [0.2, 0.25) is 0 Å². The van der Waals surface area contributed by atoms with Gasteiger partial charge in [0, 0.05) is 45.9 Å². The van der Waals surface area contributed by atoms with Gasteiger partial charge in [-0.05, 0) is 50.7 Å². The lowest BCUT2D eigenvalue weighted by molar-refractivity contribution is 0.0263. The van der Waals surface area contributed by atoms with E-state index in [1.54, 1.807) is 0 Å². The van der Waals surface area contributed by atoms with Gasteiger partial charge in [-0.15, -0.1) is 0 Å². The van der Waals surface area contributed by atoms with Crippen molar-refractivity contribution in [3.05, 3.63) is 35.4 Å². The van der Waals surface area contributed by atoms with Gasteiger partial charge < -0.3 is 20.1 Å². The zero-order valence-electron chi connectivity index (χ0n) is 18.1. The third-order valence-electron chi connectivity index (χ3n) is 5.88. The molecule has 0 aliphatic carbocycles. The molecule has 162 valence electrons. The van der Waals surface area contributed by atoms with E-state index >= 15 is 0 Å². The molecule has 2 aliphatic rings. The van der Waals surface area contributed by atoms with Crippen LogP contribution in [0.2, 0.25) is 0 Å². The average molecular weight is 403 g/mol. The Labute approximate surface area is 175 Å². The highest BCUT2D eigenvalue weighted by molar-refractivity contribution is 5.80. The molecule has 2 fully saturated rings. The Balaban J connectivity index is 1.51. The van der Waals surface area contributed by atoms with Crippen LogP contribution in [0, 0.1) is 0 Å². The topological polar surface area (TPSA) is 60.3 Å². The normalized spacial score (nSPS) is 20.2. The van der Waals surface area contributed by atoms with Crippen LogP contribution in [0.3, 0.4) is 0 Å². The fourth-order valence-electron chi connectivity index (χ4n) is 4.15. The van der Waals surface area contributed by atoms with Gasteiger partial charge in [0.1, 0.15) is 0 Å². The van der Waals surface area contributed by atoms with Crippen molar-refractivity contribution in [1.82, 2.24) is 15.1 Å². The molecular weight excluding hydrogens is 364 g/mol. The number of aliphatic imine (C=N–C) groups is 1. The minimum absolute atomic E-state index is 0.109. The number of nitrogens with one attached hydrogen (secondary N) is 1. The first kappa shape index (κ1) is 22.1. The number of aliphatic hydroxyl groups is 1. The van der Waals surface area contributed by atoms with E-state index in [-0.39, 0.29) is 6.10 Å². The monoisotopic (exact) mass is 402 g/mol. The van der Waals surface area contributed by atoms with Crippen molar-refractivity contribution in [3.63, 3.8) is 0 Å². The van der Waals surface area contributed by atoms with E-state index < -0.39 is 0 Å². The fraction of sp³-hybridized carbons (Fsp3) is 0.696. The van der Waals surface area contributed by atoms with Gasteiger partial charge in [0.05, 0.1) is 18.8 Å². The molecule has 0 amide bonds. The maximum absolute atomic E-state index is 9.65. The number of nitrogens with zero attached hydrogens (tertiary/aromatic N) is 3. The molecule has 2 N–H and O–H groups in total. The molecule has 0 spiro atoms. The number of piperidine rings is 2. The lowest BCUT2D eigenvalue weighted by atomic mass is 10.1. The summed E-state index contributed by atoms with van der Waals surface area (Å²) in [6, 6.07) is 8.83. The van der Waals surface area contributed by atoms with Crippen molar-refractivity contribution in [1.29, 1.82) is 0 Å². The van der Waals surface area contributed by atoms with Gasteiger partial charge >= 0.3 is 0 Å². The second-order valence-corrected chi connectivity index (χ2v) is 8.14. The van der Waals surface area contributed by atoms with Crippen LogP contribution in [-0.2, 0) is 17.8 Å². The molecule has 3 rings (SSSR count). The molecule has 2 saturated heterocycles. The molecule has 1 aromatic rings. The second kappa shape index (κ2) is 11.5. The zero-order chi connectivity index (χ0) is 20.5. The Bertz CT molecular complexity index is 618. The molecule has 0 bridgehead atoms. The summed E-state index contributed by atoms with van der Waals surface area (Å²) in [5.74, 6) is 1.01. The van der Waals surface area contributed by atoms with Gasteiger partial charge in [0.25, 0.3) is 0 Å². The molecule has 6 heteroatoms. The first-order valence-corrected chi connectivity index (χ1v) is 11.3. The Morgan fingerprint density at radius 3 is 2.31 bits per heavy atom. The summed E-state index contributed by atoms with van der Waals surface area (Å²) in [6.07, 6.45) is 4.21. The summed E-state index contributed by atoms with van der Waals surface area (Å²) in [5, 5.41) is 13.1. The molecule has 0 aromatic heterocycles. The molecule has 0 radical (unpaired) electrons. The number of aliphatic hydroxyl groups excluding tert-OH is 1. The van der Waals surface area contributed by atoms with E-state index in [2.05, 4.69) is 53.2 Å². The van der Waals surface area contributed by atoms with Gasteiger partial charge in [-0.2, -0.15) is 0 Å². The minimum atomic E-state index is -0.109. The predicted octanol–water partition coefficient (Wildman–Crippen LogP) is 2.61. The number of ether oxygens (including phenoxy) is 1. The van der Waals surface area contributed by atoms with Gasteiger partial charge in [-0.3, -0.25) is 4.90 Å². The van der Waals surface area contributed by atoms with Gasteiger partial charge in [0.15, 0.2) is 5.96 Å². The quantitative estimate of drug-likeness (QED) is 0.542. The molecule has 0 atom stereocenters. The molecule has 1 aromatic carbocycles. The van der Waals surface area contributed by atoms with Crippen LogP contribution in [0.25, 0.3) is 0 Å². The number of guanidine groups is 1. The first-order chi connectivity index (χ1) is 14.2. The number of likely N-dealkylation sites (tertiary alicyclic amines) is 2. The van der Waals surface area contributed by atoms with Crippen LogP contribution in [0.1, 0.15) is 50.7 Å².